The second kappa shape index (κ2) is 5.02. The average molecular weight is 272 g/mol. The van der Waals surface area contributed by atoms with Gasteiger partial charge in [0.1, 0.15) is 6.04 Å². The van der Waals surface area contributed by atoms with Crippen LogP contribution in [-0.4, -0.2) is 29.4 Å². The highest BCUT2D eigenvalue weighted by atomic mass is 16.4. The standard InChI is InChI=1S/C16H20N2O2/c1-9(2)6-11-7-10-8-17-13-5-3-4-12(14(10)13)15(18-11)16(19)20/h6-8,11-12,15,18H,3-5H2,1-2H3,(H,19,20)/t11-,12?,15+/m1/s1. The Bertz CT molecular complexity index is 565. The SMILES string of the molecule is CC(C)=C[C@@H]1C=C2C=NC3=C2C(CCC3)[C@@H](C(=O)O)N1. The van der Waals surface area contributed by atoms with Crippen molar-refractivity contribution in [1.29, 1.82) is 0 Å². The van der Waals surface area contributed by atoms with Gasteiger partial charge in [0.15, 0.2) is 0 Å². The Morgan fingerprint density at radius 1 is 1.50 bits per heavy atom. The molecular formula is C16H20N2O2. The van der Waals surface area contributed by atoms with E-state index in [0.717, 1.165) is 30.5 Å². The fourth-order valence-corrected chi connectivity index (χ4v) is 3.44. The van der Waals surface area contributed by atoms with Crippen LogP contribution in [0, 0.1) is 5.92 Å². The lowest BCUT2D eigenvalue weighted by Crippen LogP contribution is -2.46. The highest BCUT2D eigenvalue weighted by molar-refractivity contribution is 5.91. The molecule has 3 atom stereocenters. The molecule has 2 N–H and O–H groups in total. The molecule has 0 saturated heterocycles. The van der Waals surface area contributed by atoms with Gasteiger partial charge < -0.3 is 5.11 Å². The smallest absolute Gasteiger partial charge is 0.321 e. The van der Waals surface area contributed by atoms with Crippen LogP contribution in [0.5, 0.6) is 0 Å². The van der Waals surface area contributed by atoms with E-state index >= 15 is 0 Å². The number of aliphatic imine (C=N–C) groups is 1. The summed E-state index contributed by atoms with van der Waals surface area (Å²) in [6.07, 6.45) is 9.00. The molecule has 2 heterocycles. The van der Waals surface area contributed by atoms with Crippen molar-refractivity contribution in [2.24, 2.45) is 10.9 Å². The Hall–Kier alpha value is -1.68. The molecule has 0 bridgehead atoms. The van der Waals surface area contributed by atoms with Crippen LogP contribution in [-0.2, 0) is 4.79 Å². The van der Waals surface area contributed by atoms with Crippen molar-refractivity contribution in [2.45, 2.75) is 45.2 Å². The molecule has 0 amide bonds. The Morgan fingerprint density at radius 2 is 2.30 bits per heavy atom. The van der Waals surface area contributed by atoms with Crippen molar-refractivity contribution in [2.75, 3.05) is 0 Å². The monoisotopic (exact) mass is 272 g/mol. The van der Waals surface area contributed by atoms with Gasteiger partial charge in [0.05, 0.1) is 0 Å². The summed E-state index contributed by atoms with van der Waals surface area (Å²) < 4.78 is 0. The van der Waals surface area contributed by atoms with Crippen LogP contribution in [0.25, 0.3) is 0 Å². The number of allylic oxidation sites excluding steroid dienone is 3. The number of hydrogen-bond acceptors (Lipinski definition) is 3. The number of nitrogens with one attached hydrogen (secondary N) is 1. The summed E-state index contributed by atoms with van der Waals surface area (Å²) in [7, 11) is 0. The summed E-state index contributed by atoms with van der Waals surface area (Å²) in [5.41, 5.74) is 4.56. The van der Waals surface area contributed by atoms with E-state index in [0.29, 0.717) is 0 Å². The predicted octanol–water partition coefficient (Wildman–Crippen LogP) is 2.44. The molecule has 0 aromatic rings. The number of carboxylic acid groups (broad SMARTS) is 1. The van der Waals surface area contributed by atoms with Gasteiger partial charge >= 0.3 is 5.97 Å². The van der Waals surface area contributed by atoms with Crippen LogP contribution in [0.1, 0.15) is 33.1 Å². The molecule has 106 valence electrons. The van der Waals surface area contributed by atoms with Gasteiger partial charge in [-0.25, -0.2) is 0 Å². The van der Waals surface area contributed by atoms with Gasteiger partial charge in [-0.1, -0.05) is 17.7 Å². The minimum absolute atomic E-state index is 0.0417. The van der Waals surface area contributed by atoms with Crippen LogP contribution >= 0.6 is 0 Å². The molecule has 0 fully saturated rings. The summed E-state index contributed by atoms with van der Waals surface area (Å²) in [6.45, 7) is 4.06. The van der Waals surface area contributed by atoms with Crippen molar-refractivity contribution in [3.8, 4) is 0 Å². The van der Waals surface area contributed by atoms with E-state index in [9.17, 15) is 9.90 Å². The lowest BCUT2D eigenvalue weighted by Gasteiger charge is -2.29. The lowest BCUT2D eigenvalue weighted by atomic mass is 9.79. The summed E-state index contributed by atoms with van der Waals surface area (Å²) in [5.74, 6) is -0.724. The molecule has 2 aliphatic heterocycles. The van der Waals surface area contributed by atoms with Gasteiger partial charge in [-0.15, -0.1) is 0 Å². The van der Waals surface area contributed by atoms with Crippen LogP contribution in [0.3, 0.4) is 0 Å². The van der Waals surface area contributed by atoms with Gasteiger partial charge in [-0.2, -0.15) is 0 Å². The first-order valence-electron chi connectivity index (χ1n) is 7.19. The maximum Gasteiger partial charge on any atom is 0.321 e. The van der Waals surface area contributed by atoms with E-state index in [1.807, 2.05) is 20.1 Å². The van der Waals surface area contributed by atoms with Crippen LogP contribution in [0.4, 0.5) is 0 Å². The Kier molecular flexibility index (Phi) is 3.34. The van der Waals surface area contributed by atoms with E-state index in [1.54, 1.807) is 0 Å². The molecule has 4 heteroatoms. The minimum Gasteiger partial charge on any atom is -0.480 e. The molecule has 0 spiro atoms. The molecule has 0 saturated carbocycles. The fourth-order valence-electron chi connectivity index (χ4n) is 3.44. The van der Waals surface area contributed by atoms with Gasteiger partial charge in [0.25, 0.3) is 0 Å². The Labute approximate surface area is 119 Å². The molecule has 0 radical (unpaired) electrons. The molecule has 3 rings (SSSR count). The summed E-state index contributed by atoms with van der Waals surface area (Å²) in [4.78, 5) is 16.2. The third kappa shape index (κ3) is 2.24. The summed E-state index contributed by atoms with van der Waals surface area (Å²) in [5, 5.41) is 12.9. The zero-order valence-electron chi connectivity index (χ0n) is 11.9. The van der Waals surface area contributed by atoms with Gasteiger partial charge in [0.2, 0.25) is 0 Å². The zero-order chi connectivity index (χ0) is 14.3. The first-order valence-corrected chi connectivity index (χ1v) is 7.19. The second-order valence-corrected chi connectivity index (χ2v) is 5.99. The number of nitrogens with zero attached hydrogens (tertiary/aromatic N) is 1. The fraction of sp³-hybridized carbons (Fsp3) is 0.500. The molecule has 4 nitrogen and oxygen atoms in total. The molecule has 1 aliphatic carbocycles. The number of carboxylic acids is 1. The number of rotatable bonds is 2. The maximum atomic E-state index is 11.7. The van der Waals surface area contributed by atoms with E-state index in [-0.39, 0.29) is 12.0 Å². The Balaban J connectivity index is 2.06. The quantitative estimate of drug-likeness (QED) is 0.759. The average Bonchev–Trinajstić information content (AvgIpc) is 2.70. The van der Waals surface area contributed by atoms with Crippen molar-refractivity contribution in [1.82, 2.24) is 5.32 Å². The second-order valence-electron chi connectivity index (χ2n) is 5.99. The van der Waals surface area contributed by atoms with E-state index in [2.05, 4.69) is 22.5 Å². The predicted molar refractivity (Wildman–Crippen MR) is 78.7 cm³/mol. The van der Waals surface area contributed by atoms with E-state index < -0.39 is 12.0 Å². The van der Waals surface area contributed by atoms with Crippen LogP contribution in [0.15, 0.2) is 39.6 Å². The van der Waals surface area contributed by atoms with E-state index in [1.165, 1.54) is 11.1 Å². The molecule has 0 aromatic heterocycles. The number of aliphatic carboxylic acids is 1. The Morgan fingerprint density at radius 3 is 3.00 bits per heavy atom. The normalized spacial score (nSPS) is 31.5. The first-order chi connectivity index (χ1) is 9.56. The van der Waals surface area contributed by atoms with Crippen molar-refractivity contribution < 1.29 is 9.90 Å². The third-order valence-electron chi connectivity index (χ3n) is 4.19. The van der Waals surface area contributed by atoms with Crippen LogP contribution < -0.4 is 5.32 Å². The highest BCUT2D eigenvalue weighted by Gasteiger charge is 2.39. The molecule has 0 aromatic carbocycles. The van der Waals surface area contributed by atoms with Crippen molar-refractivity contribution in [3.05, 3.63) is 34.6 Å². The highest BCUT2D eigenvalue weighted by Crippen LogP contribution is 2.41. The van der Waals surface area contributed by atoms with E-state index in [4.69, 9.17) is 0 Å². The van der Waals surface area contributed by atoms with Gasteiger partial charge in [-0.3, -0.25) is 15.1 Å². The zero-order valence-corrected chi connectivity index (χ0v) is 11.9. The summed E-state index contributed by atoms with van der Waals surface area (Å²) >= 11 is 0. The molecular weight excluding hydrogens is 252 g/mol. The molecule has 20 heavy (non-hydrogen) atoms. The summed E-state index contributed by atoms with van der Waals surface area (Å²) in [6, 6.07) is -0.573. The lowest BCUT2D eigenvalue weighted by molar-refractivity contribution is -0.140. The number of hydrogen-bond donors (Lipinski definition) is 2. The van der Waals surface area contributed by atoms with Gasteiger partial charge in [-0.05, 0) is 44.3 Å². The van der Waals surface area contributed by atoms with Crippen LogP contribution in [0.2, 0.25) is 0 Å². The third-order valence-corrected chi connectivity index (χ3v) is 4.19. The minimum atomic E-state index is -0.766. The largest absolute Gasteiger partial charge is 0.480 e. The maximum absolute atomic E-state index is 11.7. The van der Waals surface area contributed by atoms with Crippen molar-refractivity contribution in [3.63, 3.8) is 0 Å². The topological polar surface area (TPSA) is 61.7 Å². The molecule has 3 aliphatic rings. The molecule has 1 unspecified atom stereocenters. The van der Waals surface area contributed by atoms with Gasteiger partial charge in [0, 0.05) is 23.9 Å². The van der Waals surface area contributed by atoms with Crippen molar-refractivity contribution >= 4 is 12.2 Å². The number of carbonyl (C=O) groups is 1. The first kappa shape index (κ1) is 13.3.